The number of carbonyl (C=O) groups is 1. The number of hydrogen-bond donors (Lipinski definition) is 0. The van der Waals surface area contributed by atoms with Gasteiger partial charge in [0.25, 0.3) is 0 Å². The number of Topliss-reactive ketones (excluding diaryl/α,β-unsaturated/α-hetero) is 1. The second-order valence-corrected chi connectivity index (χ2v) is 3.99. The highest BCUT2D eigenvalue weighted by Crippen LogP contribution is 2.27. The molecule has 3 heteroatoms. The quantitative estimate of drug-likeness (QED) is 0.611. The fourth-order valence-electron chi connectivity index (χ4n) is 2.12. The maximum absolute atomic E-state index is 11.8. The molecule has 1 fully saturated rings. The minimum absolute atomic E-state index is 0.272. The van der Waals surface area contributed by atoms with Crippen LogP contribution in [0.25, 0.3) is 0 Å². The van der Waals surface area contributed by atoms with Crippen molar-refractivity contribution in [3.05, 3.63) is 0 Å². The van der Waals surface area contributed by atoms with E-state index in [4.69, 9.17) is 9.47 Å². The minimum atomic E-state index is -0.326. The Morgan fingerprint density at radius 2 is 1.73 bits per heavy atom. The van der Waals surface area contributed by atoms with Crippen LogP contribution in [0.1, 0.15) is 46.0 Å². The lowest BCUT2D eigenvalue weighted by Gasteiger charge is -2.17. The molecular weight excluding hydrogens is 192 g/mol. The van der Waals surface area contributed by atoms with Gasteiger partial charge in [0.15, 0.2) is 6.29 Å². The molecule has 0 N–H and O–H groups in total. The molecule has 0 radical (unpaired) electrons. The first-order valence-corrected chi connectivity index (χ1v) is 6.03. The summed E-state index contributed by atoms with van der Waals surface area (Å²) in [6.07, 6.45) is 4.61. The van der Waals surface area contributed by atoms with Crippen molar-refractivity contribution in [3.63, 3.8) is 0 Å². The van der Waals surface area contributed by atoms with Crippen LogP contribution < -0.4 is 0 Å². The predicted molar refractivity (Wildman–Crippen MR) is 58.6 cm³/mol. The molecule has 0 heterocycles. The molecule has 0 aromatic rings. The Bertz CT molecular complexity index is 179. The van der Waals surface area contributed by atoms with Crippen molar-refractivity contribution >= 4 is 5.78 Å². The van der Waals surface area contributed by atoms with Crippen LogP contribution in [-0.2, 0) is 14.3 Å². The highest BCUT2D eigenvalue weighted by Gasteiger charge is 2.25. The van der Waals surface area contributed by atoms with Gasteiger partial charge in [-0.25, -0.2) is 0 Å². The normalized spacial score (nSPS) is 17.5. The summed E-state index contributed by atoms with van der Waals surface area (Å²) in [4.78, 5) is 11.8. The van der Waals surface area contributed by atoms with Crippen molar-refractivity contribution in [2.45, 2.75) is 52.2 Å². The SMILES string of the molecule is CCOC(CC(=O)C1CCCC1)OCC. The summed E-state index contributed by atoms with van der Waals surface area (Å²) >= 11 is 0. The third kappa shape index (κ3) is 4.31. The number of ether oxygens (including phenoxy) is 2. The molecule has 88 valence electrons. The molecule has 1 saturated carbocycles. The fourth-order valence-corrected chi connectivity index (χ4v) is 2.12. The van der Waals surface area contributed by atoms with Crippen molar-refractivity contribution in [1.29, 1.82) is 0 Å². The molecule has 0 amide bonds. The molecule has 1 rings (SSSR count). The van der Waals surface area contributed by atoms with E-state index in [0.29, 0.717) is 25.4 Å². The Hall–Kier alpha value is -0.410. The number of rotatable bonds is 7. The summed E-state index contributed by atoms with van der Waals surface area (Å²) in [6.45, 7) is 5.04. The van der Waals surface area contributed by atoms with E-state index < -0.39 is 0 Å². The van der Waals surface area contributed by atoms with Crippen molar-refractivity contribution in [2.75, 3.05) is 13.2 Å². The van der Waals surface area contributed by atoms with Crippen molar-refractivity contribution < 1.29 is 14.3 Å². The number of hydrogen-bond acceptors (Lipinski definition) is 3. The van der Waals surface area contributed by atoms with Gasteiger partial charge in [-0.3, -0.25) is 4.79 Å². The van der Waals surface area contributed by atoms with Gasteiger partial charge in [0, 0.05) is 19.1 Å². The van der Waals surface area contributed by atoms with Crippen molar-refractivity contribution in [1.82, 2.24) is 0 Å². The Morgan fingerprint density at radius 3 is 2.20 bits per heavy atom. The standard InChI is InChI=1S/C12H22O3/c1-3-14-12(15-4-2)9-11(13)10-7-5-6-8-10/h10,12H,3-9H2,1-2H3. The van der Waals surface area contributed by atoms with Crippen LogP contribution in [0.2, 0.25) is 0 Å². The average molecular weight is 214 g/mol. The monoisotopic (exact) mass is 214 g/mol. The molecule has 0 aromatic heterocycles. The molecular formula is C12H22O3. The lowest BCUT2D eigenvalue weighted by Crippen LogP contribution is -2.24. The van der Waals surface area contributed by atoms with E-state index in [2.05, 4.69) is 0 Å². The molecule has 0 aliphatic heterocycles. The highest BCUT2D eigenvalue weighted by atomic mass is 16.7. The van der Waals surface area contributed by atoms with Crippen LogP contribution in [0.4, 0.5) is 0 Å². The second-order valence-electron chi connectivity index (χ2n) is 3.99. The van der Waals surface area contributed by atoms with Gasteiger partial charge in [-0.1, -0.05) is 12.8 Å². The lowest BCUT2D eigenvalue weighted by molar-refractivity contribution is -0.154. The van der Waals surface area contributed by atoms with Gasteiger partial charge in [-0.05, 0) is 26.7 Å². The third-order valence-electron chi connectivity index (χ3n) is 2.88. The van der Waals surface area contributed by atoms with E-state index >= 15 is 0 Å². The molecule has 3 nitrogen and oxygen atoms in total. The summed E-state index contributed by atoms with van der Waals surface area (Å²) in [5.74, 6) is 0.591. The van der Waals surface area contributed by atoms with Gasteiger partial charge >= 0.3 is 0 Å². The Morgan fingerprint density at radius 1 is 1.20 bits per heavy atom. The Kier molecular flexibility index (Phi) is 5.88. The first-order valence-electron chi connectivity index (χ1n) is 6.03. The summed E-state index contributed by atoms with van der Waals surface area (Å²) in [5.41, 5.74) is 0. The van der Waals surface area contributed by atoms with E-state index in [0.717, 1.165) is 12.8 Å². The van der Waals surface area contributed by atoms with E-state index in [1.807, 2.05) is 13.8 Å². The first-order chi connectivity index (χ1) is 7.27. The largest absolute Gasteiger partial charge is 0.352 e. The van der Waals surface area contributed by atoms with E-state index in [1.54, 1.807) is 0 Å². The van der Waals surface area contributed by atoms with Gasteiger partial charge in [-0.15, -0.1) is 0 Å². The van der Waals surface area contributed by atoms with Crippen LogP contribution in [0.5, 0.6) is 0 Å². The average Bonchev–Trinajstić information content (AvgIpc) is 2.71. The zero-order chi connectivity index (χ0) is 11.1. The highest BCUT2D eigenvalue weighted by molar-refractivity contribution is 5.81. The third-order valence-corrected chi connectivity index (χ3v) is 2.88. The van der Waals surface area contributed by atoms with Gasteiger partial charge in [0.05, 0.1) is 6.42 Å². The molecule has 1 aliphatic carbocycles. The van der Waals surface area contributed by atoms with Crippen LogP contribution in [0, 0.1) is 5.92 Å². The summed E-state index contributed by atoms with van der Waals surface area (Å²) in [6, 6.07) is 0. The molecule has 0 aromatic carbocycles. The van der Waals surface area contributed by atoms with Crippen LogP contribution >= 0.6 is 0 Å². The van der Waals surface area contributed by atoms with E-state index in [-0.39, 0.29) is 12.2 Å². The topological polar surface area (TPSA) is 35.5 Å². The van der Waals surface area contributed by atoms with Gasteiger partial charge in [0.2, 0.25) is 0 Å². The molecule has 0 unspecified atom stereocenters. The lowest BCUT2D eigenvalue weighted by atomic mass is 10.00. The fraction of sp³-hybridized carbons (Fsp3) is 0.917. The van der Waals surface area contributed by atoms with E-state index in [1.165, 1.54) is 12.8 Å². The van der Waals surface area contributed by atoms with Gasteiger partial charge in [-0.2, -0.15) is 0 Å². The Labute approximate surface area is 92.1 Å². The summed E-state index contributed by atoms with van der Waals surface area (Å²) in [7, 11) is 0. The van der Waals surface area contributed by atoms with Crippen LogP contribution in [0.15, 0.2) is 0 Å². The molecule has 0 bridgehead atoms. The maximum atomic E-state index is 11.8. The first kappa shape index (κ1) is 12.7. The molecule has 1 aliphatic rings. The zero-order valence-corrected chi connectivity index (χ0v) is 9.83. The van der Waals surface area contributed by atoms with Gasteiger partial charge < -0.3 is 9.47 Å². The van der Waals surface area contributed by atoms with Crippen molar-refractivity contribution in [3.8, 4) is 0 Å². The summed E-state index contributed by atoms with van der Waals surface area (Å²) < 4.78 is 10.7. The van der Waals surface area contributed by atoms with Crippen molar-refractivity contribution in [2.24, 2.45) is 5.92 Å². The Balaban J connectivity index is 2.31. The zero-order valence-electron chi connectivity index (χ0n) is 9.83. The smallest absolute Gasteiger partial charge is 0.164 e. The molecule has 0 saturated heterocycles. The molecule has 15 heavy (non-hydrogen) atoms. The number of carbonyl (C=O) groups excluding carboxylic acids is 1. The van der Waals surface area contributed by atoms with E-state index in [9.17, 15) is 4.79 Å². The van der Waals surface area contributed by atoms with Crippen LogP contribution in [-0.4, -0.2) is 25.3 Å². The second kappa shape index (κ2) is 6.96. The number of ketones is 1. The summed E-state index contributed by atoms with van der Waals surface area (Å²) in [5, 5.41) is 0. The molecule has 0 spiro atoms. The van der Waals surface area contributed by atoms with Crippen LogP contribution in [0.3, 0.4) is 0 Å². The van der Waals surface area contributed by atoms with Gasteiger partial charge in [0.1, 0.15) is 5.78 Å². The molecule has 0 atom stereocenters. The minimum Gasteiger partial charge on any atom is -0.352 e. The maximum Gasteiger partial charge on any atom is 0.164 e. The predicted octanol–water partition coefficient (Wildman–Crippen LogP) is 2.53.